The number of allylic oxidation sites excluding steroid dienone is 3. The number of unbranched alkanes of at least 4 members (excludes halogenated alkanes) is 41. The molecule has 0 spiro atoms. The van der Waals surface area contributed by atoms with Gasteiger partial charge in [-0.25, -0.2) is 0 Å². The molecule has 7 unspecified atom stereocenters. The van der Waals surface area contributed by atoms with Gasteiger partial charge in [0.2, 0.25) is 5.91 Å². The Labute approximate surface area is 432 Å². The highest BCUT2D eigenvalue weighted by atomic mass is 16.7. The predicted molar refractivity (Wildman–Crippen MR) is 295 cm³/mol. The topological polar surface area (TPSA) is 149 Å². The van der Waals surface area contributed by atoms with Crippen LogP contribution in [0.5, 0.6) is 0 Å². The Hall–Kier alpha value is -1.33. The molecule has 70 heavy (non-hydrogen) atoms. The van der Waals surface area contributed by atoms with Gasteiger partial charge in [0.1, 0.15) is 24.4 Å². The number of hydrogen-bond acceptors (Lipinski definition) is 8. The van der Waals surface area contributed by atoms with Gasteiger partial charge in [0, 0.05) is 6.42 Å². The lowest BCUT2D eigenvalue weighted by molar-refractivity contribution is -0.302. The van der Waals surface area contributed by atoms with Gasteiger partial charge in [0.25, 0.3) is 0 Å². The van der Waals surface area contributed by atoms with Crippen LogP contribution < -0.4 is 5.32 Å². The monoisotopic (exact) mass is 992 g/mol. The van der Waals surface area contributed by atoms with Crippen LogP contribution in [0.4, 0.5) is 0 Å². The summed E-state index contributed by atoms with van der Waals surface area (Å²) in [5, 5.41) is 54.6. The van der Waals surface area contributed by atoms with Crippen LogP contribution in [-0.2, 0) is 14.3 Å². The van der Waals surface area contributed by atoms with Crippen molar-refractivity contribution in [3.05, 3.63) is 24.3 Å². The zero-order valence-corrected chi connectivity index (χ0v) is 46.0. The zero-order chi connectivity index (χ0) is 50.8. The molecule has 9 heteroatoms. The lowest BCUT2D eigenvalue weighted by atomic mass is 9.99. The maximum atomic E-state index is 13.1. The number of hydrogen-bond donors (Lipinski definition) is 6. The highest BCUT2D eigenvalue weighted by molar-refractivity contribution is 5.76. The van der Waals surface area contributed by atoms with Gasteiger partial charge in [-0.3, -0.25) is 4.79 Å². The summed E-state index contributed by atoms with van der Waals surface area (Å²) >= 11 is 0. The van der Waals surface area contributed by atoms with E-state index >= 15 is 0 Å². The Balaban J connectivity index is 2.20. The highest BCUT2D eigenvalue weighted by Crippen LogP contribution is 2.23. The van der Waals surface area contributed by atoms with E-state index in [-0.39, 0.29) is 12.5 Å². The van der Waals surface area contributed by atoms with E-state index in [0.29, 0.717) is 6.42 Å². The lowest BCUT2D eigenvalue weighted by Gasteiger charge is -2.40. The molecule has 1 heterocycles. The molecule has 1 fully saturated rings. The Morgan fingerprint density at radius 2 is 0.800 bits per heavy atom. The summed E-state index contributed by atoms with van der Waals surface area (Å²) < 4.78 is 11.3. The van der Waals surface area contributed by atoms with Gasteiger partial charge in [-0.1, -0.05) is 276 Å². The summed E-state index contributed by atoms with van der Waals surface area (Å²) in [4.78, 5) is 13.1. The minimum atomic E-state index is -1.57. The first-order valence-electron chi connectivity index (χ1n) is 30.6. The van der Waals surface area contributed by atoms with Crippen LogP contribution in [0.2, 0.25) is 0 Å². The van der Waals surface area contributed by atoms with Gasteiger partial charge in [0.15, 0.2) is 6.29 Å². The standard InChI is InChI=1S/C61H117NO8/c1-3-5-7-9-11-13-15-17-19-21-23-25-27-28-29-31-33-35-37-39-41-43-45-47-49-51-57(65)62-54(53-69-61-60(68)59(67)58(66)56(52-63)70-61)55(64)50-48-46-44-42-40-38-36-34-32-30-26-24-22-20-18-16-14-12-10-8-6-4-2/h28-29,48,50,54-56,58-61,63-64,66-68H,3-27,30-47,49,51-53H2,1-2H3,(H,62,65)/b29-28-,50-48+. The van der Waals surface area contributed by atoms with Crippen molar-refractivity contribution in [1.82, 2.24) is 5.32 Å². The molecule has 1 aliphatic heterocycles. The van der Waals surface area contributed by atoms with Gasteiger partial charge in [-0.05, 0) is 44.9 Å². The molecule has 0 aromatic heterocycles. The molecular weight excluding hydrogens is 875 g/mol. The quantitative estimate of drug-likeness (QED) is 0.0261. The maximum absolute atomic E-state index is 13.1. The van der Waals surface area contributed by atoms with E-state index in [9.17, 15) is 30.3 Å². The first-order chi connectivity index (χ1) is 34.3. The van der Waals surface area contributed by atoms with E-state index in [1.165, 1.54) is 244 Å². The second-order valence-electron chi connectivity index (χ2n) is 21.5. The van der Waals surface area contributed by atoms with Crippen LogP contribution in [-0.4, -0.2) is 87.5 Å². The number of aliphatic hydroxyl groups excluding tert-OH is 5. The molecule has 6 N–H and O–H groups in total. The highest BCUT2D eigenvalue weighted by Gasteiger charge is 2.44. The summed E-state index contributed by atoms with van der Waals surface area (Å²) in [6, 6.07) is -0.805. The van der Waals surface area contributed by atoms with Crippen molar-refractivity contribution in [2.45, 2.75) is 346 Å². The smallest absolute Gasteiger partial charge is 0.220 e. The second kappa shape index (κ2) is 51.2. The molecule has 0 saturated carbocycles. The third kappa shape index (κ3) is 40.1. The van der Waals surface area contributed by atoms with Crippen molar-refractivity contribution in [1.29, 1.82) is 0 Å². The third-order valence-electron chi connectivity index (χ3n) is 14.8. The Bertz CT molecular complexity index is 1150. The number of ether oxygens (including phenoxy) is 2. The molecular formula is C61H117NO8. The molecule has 1 amide bonds. The Kier molecular flexibility index (Phi) is 48.7. The fraction of sp³-hybridized carbons (Fsp3) is 0.918. The van der Waals surface area contributed by atoms with Crippen LogP contribution >= 0.6 is 0 Å². The van der Waals surface area contributed by atoms with Crippen molar-refractivity contribution in [2.75, 3.05) is 13.2 Å². The number of amides is 1. The molecule has 1 rings (SSSR count). The maximum Gasteiger partial charge on any atom is 0.220 e. The average Bonchev–Trinajstić information content (AvgIpc) is 3.36. The molecule has 0 aromatic rings. The number of carbonyl (C=O) groups excluding carboxylic acids is 1. The molecule has 0 radical (unpaired) electrons. The second-order valence-corrected chi connectivity index (χ2v) is 21.5. The van der Waals surface area contributed by atoms with Crippen molar-refractivity contribution in [3.8, 4) is 0 Å². The normalized spacial score (nSPS) is 19.4. The van der Waals surface area contributed by atoms with Gasteiger partial charge in [-0.2, -0.15) is 0 Å². The van der Waals surface area contributed by atoms with E-state index in [1.54, 1.807) is 6.08 Å². The lowest BCUT2D eigenvalue weighted by Crippen LogP contribution is -2.60. The van der Waals surface area contributed by atoms with Crippen molar-refractivity contribution >= 4 is 5.91 Å². The number of aliphatic hydroxyl groups is 5. The van der Waals surface area contributed by atoms with Crippen LogP contribution in [0.3, 0.4) is 0 Å². The average molecular weight is 993 g/mol. The van der Waals surface area contributed by atoms with Gasteiger partial charge in [0.05, 0.1) is 25.4 Å². The van der Waals surface area contributed by atoms with Crippen LogP contribution in [0.25, 0.3) is 0 Å². The molecule has 0 aliphatic carbocycles. The summed E-state index contributed by atoms with van der Waals surface area (Å²) in [6.07, 6.45) is 58.2. The van der Waals surface area contributed by atoms with Crippen LogP contribution in [0.1, 0.15) is 303 Å². The zero-order valence-electron chi connectivity index (χ0n) is 46.0. The molecule has 0 aromatic carbocycles. The van der Waals surface area contributed by atoms with Crippen LogP contribution in [0, 0.1) is 0 Å². The summed E-state index contributed by atoms with van der Waals surface area (Å²) in [5.41, 5.74) is 0. The molecule has 7 atom stereocenters. The van der Waals surface area contributed by atoms with Crippen LogP contribution in [0.15, 0.2) is 24.3 Å². The first-order valence-corrected chi connectivity index (χ1v) is 30.6. The largest absolute Gasteiger partial charge is 0.394 e. The fourth-order valence-electron chi connectivity index (χ4n) is 9.92. The van der Waals surface area contributed by atoms with Crippen molar-refractivity contribution in [2.24, 2.45) is 0 Å². The van der Waals surface area contributed by atoms with E-state index < -0.39 is 49.5 Å². The van der Waals surface area contributed by atoms with E-state index in [2.05, 4.69) is 31.3 Å². The first kappa shape index (κ1) is 66.7. The van der Waals surface area contributed by atoms with E-state index in [1.807, 2.05) is 6.08 Å². The molecule has 1 aliphatic rings. The van der Waals surface area contributed by atoms with E-state index in [0.717, 1.165) is 38.5 Å². The number of rotatable bonds is 53. The third-order valence-corrected chi connectivity index (χ3v) is 14.8. The Morgan fingerprint density at radius 3 is 1.16 bits per heavy atom. The van der Waals surface area contributed by atoms with Crippen molar-refractivity contribution < 1.29 is 39.8 Å². The molecule has 1 saturated heterocycles. The molecule has 414 valence electrons. The minimum absolute atomic E-state index is 0.174. The Morgan fingerprint density at radius 1 is 0.471 bits per heavy atom. The summed E-state index contributed by atoms with van der Waals surface area (Å²) in [5.74, 6) is -0.174. The SMILES string of the molecule is CCCCCCCCCCCCCC/C=C\CCCCCCCCCCCC(=O)NC(COC1OC(CO)C(O)C(O)C1O)C(O)/C=C/CCCCCCCCCCCCCCCCCCCCCC. The predicted octanol–water partition coefficient (Wildman–Crippen LogP) is 15.4. The van der Waals surface area contributed by atoms with E-state index in [4.69, 9.17) is 9.47 Å². The van der Waals surface area contributed by atoms with Gasteiger partial charge in [-0.15, -0.1) is 0 Å². The number of carbonyl (C=O) groups is 1. The number of nitrogens with one attached hydrogen (secondary N) is 1. The fourth-order valence-corrected chi connectivity index (χ4v) is 9.92. The molecule has 0 bridgehead atoms. The van der Waals surface area contributed by atoms with Crippen molar-refractivity contribution in [3.63, 3.8) is 0 Å². The minimum Gasteiger partial charge on any atom is -0.394 e. The molecule has 9 nitrogen and oxygen atoms in total. The van der Waals surface area contributed by atoms with Gasteiger partial charge >= 0.3 is 0 Å². The summed E-state index contributed by atoms with van der Waals surface area (Å²) in [7, 11) is 0. The summed E-state index contributed by atoms with van der Waals surface area (Å²) in [6.45, 7) is 3.82. The van der Waals surface area contributed by atoms with Gasteiger partial charge < -0.3 is 40.3 Å².